The third-order valence-corrected chi connectivity index (χ3v) is 5.76. The summed E-state index contributed by atoms with van der Waals surface area (Å²) in [5, 5.41) is 7.34. The number of carbonyl (C=O) groups excluding carboxylic acids is 2. The lowest BCUT2D eigenvalue weighted by atomic mass is 9.90. The summed E-state index contributed by atoms with van der Waals surface area (Å²) in [7, 11) is 0. The Hall–Kier alpha value is -3.76. The summed E-state index contributed by atoms with van der Waals surface area (Å²) in [6, 6.07) is 14.7. The van der Waals surface area contributed by atoms with E-state index in [0.717, 1.165) is 16.7 Å². The van der Waals surface area contributed by atoms with Crippen molar-refractivity contribution in [2.24, 2.45) is 5.41 Å². The number of esters is 1. The van der Waals surface area contributed by atoms with E-state index < -0.39 is 11.5 Å². The van der Waals surface area contributed by atoms with Gasteiger partial charge in [0.15, 0.2) is 5.76 Å². The van der Waals surface area contributed by atoms with Crippen LogP contribution in [0.5, 0.6) is 0 Å². The summed E-state index contributed by atoms with van der Waals surface area (Å²) < 4.78 is 15.9. The van der Waals surface area contributed by atoms with E-state index >= 15 is 0 Å². The number of hydrogen-bond acceptors (Lipinski definition) is 6. The highest BCUT2D eigenvalue weighted by Crippen LogP contribution is 2.31. The van der Waals surface area contributed by atoms with E-state index in [1.807, 2.05) is 56.3 Å². The molecule has 188 valence electrons. The second kappa shape index (κ2) is 12.3. The number of halogens is 1. The Bertz CT molecular complexity index is 1270. The van der Waals surface area contributed by atoms with Crippen LogP contribution >= 0.6 is 11.6 Å². The van der Waals surface area contributed by atoms with Gasteiger partial charge in [-0.15, -0.1) is 0 Å². The summed E-state index contributed by atoms with van der Waals surface area (Å²) in [5.74, 6) is 6.26. The number of rotatable bonds is 8. The number of ether oxygens (including phenoxy) is 2. The number of nitrogens with one attached hydrogen (secondary N) is 1. The van der Waals surface area contributed by atoms with E-state index in [2.05, 4.69) is 22.3 Å². The van der Waals surface area contributed by atoms with Gasteiger partial charge >= 0.3 is 12.1 Å². The molecule has 36 heavy (non-hydrogen) atoms. The van der Waals surface area contributed by atoms with E-state index in [4.69, 9.17) is 25.6 Å². The summed E-state index contributed by atoms with van der Waals surface area (Å²) in [6.45, 7) is 7.66. The van der Waals surface area contributed by atoms with Gasteiger partial charge in [-0.05, 0) is 63.6 Å². The normalized spacial score (nSPS) is 10.8. The molecule has 0 unspecified atom stereocenters. The largest absolute Gasteiger partial charge is 0.466 e. The van der Waals surface area contributed by atoms with Crippen LogP contribution in [0.2, 0.25) is 5.02 Å². The molecule has 1 N–H and O–H groups in total. The molecule has 0 radical (unpaired) electrons. The van der Waals surface area contributed by atoms with Crippen LogP contribution in [-0.4, -0.2) is 30.4 Å². The fourth-order valence-electron chi connectivity index (χ4n) is 3.28. The molecule has 1 aromatic heterocycles. The maximum absolute atomic E-state index is 12.4. The van der Waals surface area contributed by atoms with Gasteiger partial charge in [0.1, 0.15) is 11.4 Å². The molecule has 0 saturated heterocycles. The number of carbonyl (C=O) groups is 2. The molecule has 3 rings (SSSR count). The molecule has 0 aliphatic rings. The van der Waals surface area contributed by atoms with Crippen molar-refractivity contribution in [2.75, 3.05) is 18.5 Å². The highest BCUT2D eigenvalue weighted by Gasteiger charge is 2.28. The third kappa shape index (κ3) is 7.12. The SMILES string of the molecule is CCOC(=O)C(C)(C)CC#Cc1ccc(-c2onc(C)c2NC(=O)OCCc2ccccc2Cl)cc1. The average Bonchev–Trinajstić information content (AvgIpc) is 3.20. The fourth-order valence-corrected chi connectivity index (χ4v) is 3.51. The quantitative estimate of drug-likeness (QED) is 0.278. The van der Waals surface area contributed by atoms with Crippen molar-refractivity contribution in [3.63, 3.8) is 0 Å². The van der Waals surface area contributed by atoms with Crippen molar-refractivity contribution in [2.45, 2.75) is 40.5 Å². The highest BCUT2D eigenvalue weighted by atomic mass is 35.5. The van der Waals surface area contributed by atoms with Crippen LogP contribution in [0.15, 0.2) is 53.1 Å². The Morgan fingerprint density at radius 1 is 1.11 bits per heavy atom. The zero-order valence-corrected chi connectivity index (χ0v) is 21.6. The molecular weight excluding hydrogens is 480 g/mol. The van der Waals surface area contributed by atoms with Crippen LogP contribution in [0.25, 0.3) is 11.3 Å². The molecule has 1 heterocycles. The molecule has 1 amide bonds. The van der Waals surface area contributed by atoms with Gasteiger partial charge in [-0.1, -0.05) is 46.8 Å². The number of hydrogen-bond donors (Lipinski definition) is 1. The zero-order valence-electron chi connectivity index (χ0n) is 20.8. The van der Waals surface area contributed by atoms with Gasteiger partial charge in [-0.25, -0.2) is 4.79 Å². The summed E-state index contributed by atoms with van der Waals surface area (Å²) >= 11 is 6.14. The lowest BCUT2D eigenvalue weighted by molar-refractivity contribution is -0.153. The number of aryl methyl sites for hydroxylation is 1. The average molecular weight is 509 g/mol. The fraction of sp³-hybridized carbons (Fsp3) is 0.321. The van der Waals surface area contributed by atoms with E-state index in [-0.39, 0.29) is 12.6 Å². The van der Waals surface area contributed by atoms with Gasteiger partial charge in [0.05, 0.1) is 18.6 Å². The van der Waals surface area contributed by atoms with Crippen molar-refractivity contribution in [3.05, 3.63) is 70.4 Å². The first kappa shape index (κ1) is 26.8. The first-order chi connectivity index (χ1) is 17.2. The van der Waals surface area contributed by atoms with E-state index in [1.165, 1.54) is 0 Å². The number of nitrogens with zero attached hydrogens (tertiary/aromatic N) is 1. The van der Waals surface area contributed by atoms with Gasteiger partial charge in [0.2, 0.25) is 0 Å². The van der Waals surface area contributed by atoms with Crippen LogP contribution in [0.4, 0.5) is 10.5 Å². The molecule has 0 aliphatic carbocycles. The Balaban J connectivity index is 1.61. The van der Waals surface area contributed by atoms with Gasteiger partial charge in [-0.3, -0.25) is 10.1 Å². The molecule has 0 spiro atoms. The minimum absolute atomic E-state index is 0.176. The topological polar surface area (TPSA) is 90.7 Å². The summed E-state index contributed by atoms with van der Waals surface area (Å²) in [4.78, 5) is 24.4. The standard InChI is InChI=1S/C28H29ClN2O5/c1-5-34-26(32)28(3,4)17-8-9-20-12-14-22(15-13-20)25-24(19(2)31-36-25)30-27(33)35-18-16-21-10-6-7-11-23(21)29/h6-7,10-15H,5,16-18H2,1-4H3,(H,30,33). The third-order valence-electron chi connectivity index (χ3n) is 5.39. The number of anilines is 1. The van der Waals surface area contributed by atoms with Gasteiger partial charge in [0, 0.05) is 29.0 Å². The van der Waals surface area contributed by atoms with E-state index in [9.17, 15) is 9.59 Å². The molecule has 0 bridgehead atoms. The monoisotopic (exact) mass is 508 g/mol. The minimum atomic E-state index is -0.678. The highest BCUT2D eigenvalue weighted by molar-refractivity contribution is 6.31. The molecule has 0 fully saturated rings. The van der Waals surface area contributed by atoms with Crippen LogP contribution < -0.4 is 5.32 Å². The van der Waals surface area contributed by atoms with Crippen LogP contribution in [0.3, 0.4) is 0 Å². The zero-order chi connectivity index (χ0) is 26.1. The molecule has 0 saturated carbocycles. The summed E-state index contributed by atoms with van der Waals surface area (Å²) in [5.41, 5.74) is 2.69. The van der Waals surface area contributed by atoms with Gasteiger partial charge < -0.3 is 14.0 Å². The Morgan fingerprint density at radius 3 is 2.53 bits per heavy atom. The van der Waals surface area contributed by atoms with Crippen LogP contribution in [-0.2, 0) is 20.7 Å². The Kier molecular flexibility index (Phi) is 9.15. The van der Waals surface area contributed by atoms with E-state index in [0.29, 0.717) is 41.6 Å². The molecule has 8 heteroatoms. The lowest BCUT2D eigenvalue weighted by Crippen LogP contribution is -2.26. The smallest absolute Gasteiger partial charge is 0.411 e. The molecule has 3 aromatic rings. The van der Waals surface area contributed by atoms with Crippen molar-refractivity contribution in [1.82, 2.24) is 5.16 Å². The first-order valence-corrected chi connectivity index (χ1v) is 12.0. The molecule has 2 aromatic carbocycles. The second-order valence-corrected chi connectivity index (χ2v) is 9.14. The maximum atomic E-state index is 12.4. The van der Waals surface area contributed by atoms with Gasteiger partial charge in [-0.2, -0.15) is 0 Å². The van der Waals surface area contributed by atoms with Crippen LogP contribution in [0, 0.1) is 24.2 Å². The Labute approximate surface area is 216 Å². The Morgan fingerprint density at radius 2 is 1.83 bits per heavy atom. The lowest BCUT2D eigenvalue weighted by Gasteiger charge is -2.18. The van der Waals surface area contributed by atoms with Crippen molar-refractivity contribution < 1.29 is 23.6 Å². The first-order valence-electron chi connectivity index (χ1n) is 11.6. The maximum Gasteiger partial charge on any atom is 0.411 e. The minimum Gasteiger partial charge on any atom is -0.466 e. The predicted molar refractivity (Wildman–Crippen MR) is 139 cm³/mol. The van der Waals surface area contributed by atoms with E-state index in [1.54, 1.807) is 19.9 Å². The van der Waals surface area contributed by atoms with Gasteiger partial charge in [0.25, 0.3) is 0 Å². The van der Waals surface area contributed by atoms with Crippen molar-refractivity contribution in [1.29, 1.82) is 0 Å². The van der Waals surface area contributed by atoms with Crippen molar-refractivity contribution >= 4 is 29.4 Å². The van der Waals surface area contributed by atoms with Crippen LogP contribution in [0.1, 0.15) is 44.0 Å². The second-order valence-electron chi connectivity index (χ2n) is 8.73. The number of amides is 1. The van der Waals surface area contributed by atoms with Crippen molar-refractivity contribution in [3.8, 4) is 23.2 Å². The number of aromatic nitrogens is 1. The molecule has 0 aliphatic heterocycles. The molecule has 0 atom stereocenters. The molecule has 7 nitrogen and oxygen atoms in total. The predicted octanol–water partition coefficient (Wildman–Crippen LogP) is 6.43. The summed E-state index contributed by atoms with van der Waals surface area (Å²) in [6.07, 6.45) is 0.269. The molecular formula is C28H29ClN2O5. The number of benzene rings is 2.